The van der Waals surface area contributed by atoms with Crippen LogP contribution in [0.2, 0.25) is 0 Å². The maximum Gasteiger partial charge on any atom is 0.243 e. The van der Waals surface area contributed by atoms with E-state index in [1.165, 1.54) is 12.8 Å². The standard InChI is InChI=1S/C16H19N5O/c1-12-17-16(22-19-12)14-6-2-4-8-20(14)10-13-11-21-9-5-3-7-15(21)18-13/h3,5,7,9,11,14H,2,4,6,8,10H2,1H3/t14-/m0/s1. The van der Waals surface area contributed by atoms with E-state index in [9.17, 15) is 0 Å². The van der Waals surface area contributed by atoms with Crippen LogP contribution in [-0.4, -0.2) is 31.0 Å². The summed E-state index contributed by atoms with van der Waals surface area (Å²) >= 11 is 0. The molecule has 0 bridgehead atoms. The van der Waals surface area contributed by atoms with E-state index >= 15 is 0 Å². The lowest BCUT2D eigenvalue weighted by Gasteiger charge is -2.32. The van der Waals surface area contributed by atoms with Gasteiger partial charge in [0.2, 0.25) is 5.89 Å². The van der Waals surface area contributed by atoms with Crippen LogP contribution in [0.1, 0.15) is 42.7 Å². The molecular formula is C16H19N5O. The first-order chi connectivity index (χ1) is 10.8. The molecule has 0 saturated carbocycles. The van der Waals surface area contributed by atoms with Crippen molar-refractivity contribution in [1.82, 2.24) is 24.4 Å². The second kappa shape index (κ2) is 5.53. The summed E-state index contributed by atoms with van der Waals surface area (Å²) in [5, 5.41) is 3.94. The predicted molar refractivity (Wildman–Crippen MR) is 81.2 cm³/mol. The van der Waals surface area contributed by atoms with Crippen molar-refractivity contribution in [3.05, 3.63) is 48.0 Å². The van der Waals surface area contributed by atoms with Gasteiger partial charge in [-0.25, -0.2) is 4.98 Å². The molecule has 4 heterocycles. The van der Waals surface area contributed by atoms with E-state index in [0.717, 1.165) is 36.7 Å². The topological polar surface area (TPSA) is 59.5 Å². The van der Waals surface area contributed by atoms with Gasteiger partial charge in [-0.3, -0.25) is 4.90 Å². The van der Waals surface area contributed by atoms with Crippen LogP contribution in [0.3, 0.4) is 0 Å². The highest BCUT2D eigenvalue weighted by molar-refractivity contribution is 5.39. The highest BCUT2D eigenvalue weighted by Gasteiger charge is 2.28. The zero-order valence-electron chi connectivity index (χ0n) is 12.6. The highest BCUT2D eigenvalue weighted by atomic mass is 16.5. The Morgan fingerprint density at radius 3 is 3.05 bits per heavy atom. The van der Waals surface area contributed by atoms with Gasteiger partial charge in [0.1, 0.15) is 5.65 Å². The molecule has 0 N–H and O–H groups in total. The number of pyridine rings is 1. The molecule has 3 aromatic rings. The molecule has 4 rings (SSSR count). The Labute approximate surface area is 128 Å². The van der Waals surface area contributed by atoms with Gasteiger partial charge in [0.25, 0.3) is 0 Å². The Bertz CT molecular complexity index is 745. The molecule has 0 radical (unpaired) electrons. The monoisotopic (exact) mass is 297 g/mol. The molecular weight excluding hydrogens is 278 g/mol. The van der Waals surface area contributed by atoms with E-state index < -0.39 is 0 Å². The molecule has 0 spiro atoms. The minimum absolute atomic E-state index is 0.208. The first-order valence-electron chi connectivity index (χ1n) is 7.76. The van der Waals surface area contributed by atoms with E-state index in [4.69, 9.17) is 9.51 Å². The van der Waals surface area contributed by atoms with Crippen molar-refractivity contribution in [1.29, 1.82) is 0 Å². The number of aryl methyl sites for hydroxylation is 1. The fourth-order valence-electron chi connectivity index (χ4n) is 3.18. The first kappa shape index (κ1) is 13.5. The van der Waals surface area contributed by atoms with Crippen LogP contribution in [0, 0.1) is 6.92 Å². The van der Waals surface area contributed by atoms with Crippen molar-refractivity contribution >= 4 is 5.65 Å². The van der Waals surface area contributed by atoms with Crippen LogP contribution in [0.4, 0.5) is 0 Å². The van der Waals surface area contributed by atoms with Gasteiger partial charge in [-0.15, -0.1) is 0 Å². The predicted octanol–water partition coefficient (Wildman–Crippen LogP) is 2.75. The third-order valence-corrected chi connectivity index (χ3v) is 4.22. The maximum atomic E-state index is 5.40. The number of piperidine rings is 1. The van der Waals surface area contributed by atoms with Crippen LogP contribution in [0.5, 0.6) is 0 Å². The number of fused-ring (bicyclic) bond motifs is 1. The molecule has 6 nitrogen and oxygen atoms in total. The van der Waals surface area contributed by atoms with E-state index in [0.29, 0.717) is 5.82 Å². The molecule has 6 heteroatoms. The van der Waals surface area contributed by atoms with Crippen molar-refractivity contribution < 1.29 is 4.52 Å². The molecule has 1 aliphatic heterocycles. The SMILES string of the molecule is Cc1noc([C@@H]2CCCCN2Cc2cn3ccccc3n2)n1. The summed E-state index contributed by atoms with van der Waals surface area (Å²) in [4.78, 5) is 11.5. The van der Waals surface area contributed by atoms with Crippen molar-refractivity contribution in [2.45, 2.75) is 38.8 Å². The van der Waals surface area contributed by atoms with Crippen LogP contribution >= 0.6 is 0 Å². The Morgan fingerprint density at radius 1 is 1.27 bits per heavy atom. The number of imidazole rings is 1. The number of likely N-dealkylation sites (tertiary alicyclic amines) is 1. The average Bonchev–Trinajstić information content (AvgIpc) is 3.13. The van der Waals surface area contributed by atoms with Gasteiger partial charge >= 0.3 is 0 Å². The largest absolute Gasteiger partial charge is 0.338 e. The molecule has 0 aliphatic carbocycles. The zero-order valence-corrected chi connectivity index (χ0v) is 12.6. The normalized spacial score (nSPS) is 19.8. The van der Waals surface area contributed by atoms with E-state index in [1.807, 2.05) is 31.3 Å². The van der Waals surface area contributed by atoms with Crippen molar-refractivity contribution in [2.75, 3.05) is 6.54 Å². The summed E-state index contributed by atoms with van der Waals surface area (Å²) in [5.41, 5.74) is 2.06. The third kappa shape index (κ3) is 2.50. The maximum absolute atomic E-state index is 5.40. The summed E-state index contributed by atoms with van der Waals surface area (Å²) in [5.74, 6) is 1.44. The zero-order chi connectivity index (χ0) is 14.9. The summed E-state index contributed by atoms with van der Waals surface area (Å²) in [6, 6.07) is 6.26. The molecule has 3 aromatic heterocycles. The smallest absolute Gasteiger partial charge is 0.243 e. The van der Waals surface area contributed by atoms with Crippen LogP contribution in [0.25, 0.3) is 5.65 Å². The molecule has 1 fully saturated rings. The number of aromatic nitrogens is 4. The van der Waals surface area contributed by atoms with Gasteiger partial charge in [-0.05, 0) is 38.4 Å². The van der Waals surface area contributed by atoms with Crippen molar-refractivity contribution in [3.8, 4) is 0 Å². The number of nitrogens with zero attached hydrogens (tertiary/aromatic N) is 5. The second-order valence-corrected chi connectivity index (χ2v) is 5.86. The Morgan fingerprint density at radius 2 is 2.23 bits per heavy atom. The van der Waals surface area contributed by atoms with Crippen molar-refractivity contribution in [3.63, 3.8) is 0 Å². The fraction of sp³-hybridized carbons (Fsp3) is 0.438. The summed E-state index contributed by atoms with van der Waals surface area (Å²) < 4.78 is 7.46. The minimum Gasteiger partial charge on any atom is -0.338 e. The van der Waals surface area contributed by atoms with E-state index in [2.05, 4.69) is 25.6 Å². The van der Waals surface area contributed by atoms with Gasteiger partial charge in [-0.2, -0.15) is 4.98 Å². The van der Waals surface area contributed by atoms with Crippen LogP contribution < -0.4 is 0 Å². The summed E-state index contributed by atoms with van der Waals surface area (Å²) in [6.07, 6.45) is 7.60. The second-order valence-electron chi connectivity index (χ2n) is 5.86. The Hall–Kier alpha value is -2.21. The number of hydrogen-bond donors (Lipinski definition) is 0. The Balaban J connectivity index is 1.59. The van der Waals surface area contributed by atoms with Gasteiger partial charge in [-0.1, -0.05) is 17.6 Å². The number of rotatable bonds is 3. The third-order valence-electron chi connectivity index (χ3n) is 4.22. The molecule has 1 saturated heterocycles. The minimum atomic E-state index is 0.208. The average molecular weight is 297 g/mol. The Kier molecular flexibility index (Phi) is 3.38. The van der Waals surface area contributed by atoms with Crippen molar-refractivity contribution in [2.24, 2.45) is 0 Å². The number of hydrogen-bond acceptors (Lipinski definition) is 5. The fourth-order valence-corrected chi connectivity index (χ4v) is 3.18. The molecule has 0 aromatic carbocycles. The molecule has 0 amide bonds. The van der Waals surface area contributed by atoms with Gasteiger partial charge < -0.3 is 8.92 Å². The van der Waals surface area contributed by atoms with Gasteiger partial charge in [0.15, 0.2) is 5.82 Å². The summed E-state index contributed by atoms with van der Waals surface area (Å²) in [6.45, 7) is 3.72. The van der Waals surface area contributed by atoms with Gasteiger partial charge in [0.05, 0.1) is 11.7 Å². The lowest BCUT2D eigenvalue weighted by Crippen LogP contribution is -2.33. The molecule has 22 heavy (non-hydrogen) atoms. The van der Waals surface area contributed by atoms with Crippen LogP contribution in [0.15, 0.2) is 35.1 Å². The summed E-state index contributed by atoms with van der Waals surface area (Å²) in [7, 11) is 0. The molecule has 1 aliphatic rings. The molecule has 0 unspecified atom stereocenters. The highest BCUT2D eigenvalue weighted by Crippen LogP contribution is 2.31. The lowest BCUT2D eigenvalue weighted by atomic mass is 10.0. The van der Waals surface area contributed by atoms with E-state index in [1.54, 1.807) is 0 Å². The van der Waals surface area contributed by atoms with Crippen LogP contribution in [-0.2, 0) is 6.54 Å². The molecule has 1 atom stereocenters. The lowest BCUT2D eigenvalue weighted by molar-refractivity contribution is 0.110. The quantitative estimate of drug-likeness (QED) is 0.744. The molecule has 114 valence electrons. The van der Waals surface area contributed by atoms with Gasteiger partial charge in [0, 0.05) is 18.9 Å². The van der Waals surface area contributed by atoms with E-state index in [-0.39, 0.29) is 6.04 Å². The first-order valence-corrected chi connectivity index (χ1v) is 7.76.